The lowest BCUT2D eigenvalue weighted by Crippen LogP contribution is -2.00. The zero-order valence-electron chi connectivity index (χ0n) is 5.63. The lowest BCUT2D eigenvalue weighted by molar-refractivity contribution is 1.34. The van der Waals surface area contributed by atoms with Crippen molar-refractivity contribution >= 4 is 35.9 Å². The summed E-state index contributed by atoms with van der Waals surface area (Å²) in [6.07, 6.45) is 1.59. The molecular weight excluding hydrogens is 158 g/mol. The topological polar surface area (TPSA) is 28.7 Å². The Morgan fingerprint density at radius 2 is 2.27 bits per heavy atom. The van der Waals surface area contributed by atoms with Crippen LogP contribution in [0.25, 0.3) is 11.0 Å². The van der Waals surface area contributed by atoms with E-state index in [9.17, 15) is 0 Å². The van der Waals surface area contributed by atoms with Gasteiger partial charge in [0, 0.05) is 0 Å². The van der Waals surface area contributed by atoms with E-state index < -0.39 is 0 Å². The molecule has 52 valence electrons. The van der Waals surface area contributed by atoms with Crippen LogP contribution in [0.1, 0.15) is 0 Å². The number of fused-ring (bicyclic) bond motifs is 1. The number of nitrogens with zero attached hydrogens (tertiary/aromatic N) is 1. The molecule has 1 N–H and O–H groups in total. The average Bonchev–Trinajstić information content (AvgIpc) is 2.34. The predicted octanol–water partition coefficient (Wildman–Crippen LogP) is 1.01. The summed E-state index contributed by atoms with van der Waals surface area (Å²) in [5, 5.41) is 0.584. The number of benzene rings is 1. The summed E-state index contributed by atoms with van der Waals surface area (Å²) >= 11 is 5.84. The number of imidazole rings is 1. The third-order valence-corrected chi connectivity index (χ3v) is 1.79. The van der Waals surface area contributed by atoms with Crippen molar-refractivity contribution in [2.75, 3.05) is 0 Å². The summed E-state index contributed by atoms with van der Waals surface area (Å²) in [5.74, 6) is 0. The van der Waals surface area contributed by atoms with Gasteiger partial charge in [-0.1, -0.05) is 17.1 Å². The zero-order chi connectivity index (χ0) is 7.84. The van der Waals surface area contributed by atoms with Crippen molar-refractivity contribution in [3.05, 3.63) is 23.5 Å². The molecule has 1 aromatic carbocycles. The molecule has 2 radical (unpaired) electrons. The van der Waals surface area contributed by atoms with E-state index in [1.54, 1.807) is 18.5 Å². The molecule has 1 heterocycles. The molecule has 1 aromatic heterocycles. The number of H-pyrrole nitrogens is 1. The molecule has 11 heavy (non-hydrogen) atoms. The van der Waals surface area contributed by atoms with Gasteiger partial charge in [0.1, 0.15) is 13.4 Å². The van der Waals surface area contributed by atoms with Crippen molar-refractivity contribution in [1.82, 2.24) is 9.97 Å². The van der Waals surface area contributed by atoms with Crippen molar-refractivity contribution in [3.63, 3.8) is 0 Å². The van der Waals surface area contributed by atoms with Gasteiger partial charge in [-0.05, 0) is 12.1 Å². The van der Waals surface area contributed by atoms with Gasteiger partial charge in [-0.3, -0.25) is 0 Å². The van der Waals surface area contributed by atoms with Crippen molar-refractivity contribution in [1.29, 1.82) is 0 Å². The van der Waals surface area contributed by atoms with Crippen molar-refractivity contribution in [2.45, 2.75) is 0 Å². The molecule has 0 saturated carbocycles. The van der Waals surface area contributed by atoms with E-state index in [1.807, 2.05) is 0 Å². The van der Waals surface area contributed by atoms with Gasteiger partial charge in [-0.2, -0.15) is 0 Å². The molecule has 4 heteroatoms. The number of hydrogen-bond donors (Lipinski definition) is 1. The third-order valence-electron chi connectivity index (χ3n) is 1.50. The molecule has 0 aliphatic heterocycles. The van der Waals surface area contributed by atoms with Crippen LogP contribution in [0, 0.1) is 0 Å². The van der Waals surface area contributed by atoms with Crippen LogP contribution in [0.4, 0.5) is 0 Å². The monoisotopic (exact) mass is 162 g/mol. The molecule has 0 fully saturated rings. The minimum absolute atomic E-state index is 0.584. The highest BCUT2D eigenvalue weighted by Crippen LogP contribution is 2.17. The molecule has 0 atom stereocenters. The maximum absolute atomic E-state index is 5.84. The Morgan fingerprint density at radius 1 is 1.45 bits per heavy atom. The Labute approximate surface area is 70.0 Å². The molecule has 0 spiro atoms. The predicted molar refractivity (Wildman–Crippen MR) is 46.5 cm³/mol. The largest absolute Gasteiger partial charge is 0.345 e. The lowest BCUT2D eigenvalue weighted by Gasteiger charge is -1.94. The second kappa shape index (κ2) is 2.27. The van der Waals surface area contributed by atoms with Gasteiger partial charge >= 0.3 is 0 Å². The van der Waals surface area contributed by atoms with Crippen LogP contribution in [-0.2, 0) is 0 Å². The molecule has 2 nitrogen and oxygen atoms in total. The summed E-state index contributed by atoms with van der Waals surface area (Å²) in [4.78, 5) is 6.94. The molecule has 0 amide bonds. The fraction of sp³-hybridized carbons (Fsp3) is 0. The number of aromatic amines is 1. The Kier molecular flexibility index (Phi) is 1.39. The number of rotatable bonds is 0. The van der Waals surface area contributed by atoms with E-state index in [1.165, 1.54) is 0 Å². The van der Waals surface area contributed by atoms with Gasteiger partial charge < -0.3 is 4.98 Å². The first kappa shape index (κ1) is 6.74. The Morgan fingerprint density at radius 3 is 3.09 bits per heavy atom. The number of halogens is 1. The van der Waals surface area contributed by atoms with Crippen LogP contribution in [0.3, 0.4) is 0 Å². The van der Waals surface area contributed by atoms with Crippen LogP contribution in [0.5, 0.6) is 0 Å². The summed E-state index contributed by atoms with van der Waals surface area (Å²) < 4.78 is 0. The van der Waals surface area contributed by atoms with Crippen LogP contribution in [0.15, 0.2) is 18.5 Å². The molecule has 2 rings (SSSR count). The number of hydrogen-bond acceptors (Lipinski definition) is 1. The van der Waals surface area contributed by atoms with Crippen LogP contribution in [-0.4, -0.2) is 17.8 Å². The van der Waals surface area contributed by atoms with Crippen LogP contribution >= 0.6 is 11.6 Å². The van der Waals surface area contributed by atoms with Crippen LogP contribution in [0.2, 0.25) is 5.02 Å². The molecule has 0 aliphatic carbocycles. The van der Waals surface area contributed by atoms with E-state index in [-0.39, 0.29) is 0 Å². The van der Waals surface area contributed by atoms with E-state index in [0.717, 1.165) is 11.0 Å². The summed E-state index contributed by atoms with van der Waals surface area (Å²) in [6, 6.07) is 3.49. The second-order valence-electron chi connectivity index (χ2n) is 2.30. The molecule has 0 bridgehead atoms. The van der Waals surface area contributed by atoms with Gasteiger partial charge in [0.25, 0.3) is 0 Å². The Hall–Kier alpha value is -0.955. The average molecular weight is 162 g/mol. The SMILES string of the molecule is [B]c1cc(Cl)c2nc[nH]c2c1. The first-order chi connectivity index (χ1) is 5.27. The highest BCUT2D eigenvalue weighted by atomic mass is 35.5. The van der Waals surface area contributed by atoms with Crippen LogP contribution < -0.4 is 5.46 Å². The smallest absolute Gasteiger partial charge is 0.113 e. The first-order valence-corrected chi connectivity index (χ1v) is 3.53. The van der Waals surface area contributed by atoms with E-state index in [2.05, 4.69) is 9.97 Å². The van der Waals surface area contributed by atoms with Gasteiger partial charge in [0.2, 0.25) is 0 Å². The summed E-state index contributed by atoms with van der Waals surface area (Å²) in [7, 11) is 5.55. The number of aromatic nitrogens is 2. The van der Waals surface area contributed by atoms with E-state index in [0.29, 0.717) is 10.5 Å². The molecule has 0 saturated heterocycles. The minimum Gasteiger partial charge on any atom is -0.345 e. The van der Waals surface area contributed by atoms with Crippen molar-refractivity contribution in [2.24, 2.45) is 0 Å². The summed E-state index contributed by atoms with van der Waals surface area (Å²) in [6.45, 7) is 0. The van der Waals surface area contributed by atoms with Gasteiger partial charge in [-0.25, -0.2) is 4.98 Å². The lowest BCUT2D eigenvalue weighted by atomic mass is 9.96. The molecular formula is C7H4BClN2. The third kappa shape index (κ3) is 1.01. The maximum Gasteiger partial charge on any atom is 0.113 e. The maximum atomic E-state index is 5.84. The minimum atomic E-state index is 0.584. The Bertz CT molecular complexity index is 396. The first-order valence-electron chi connectivity index (χ1n) is 3.15. The normalized spacial score (nSPS) is 10.6. The highest BCUT2D eigenvalue weighted by molar-refractivity contribution is 6.39. The fourth-order valence-corrected chi connectivity index (χ4v) is 1.30. The molecule has 2 aromatic rings. The zero-order valence-corrected chi connectivity index (χ0v) is 6.39. The van der Waals surface area contributed by atoms with Crippen molar-refractivity contribution < 1.29 is 0 Å². The summed E-state index contributed by atoms with van der Waals surface area (Å²) in [5.41, 5.74) is 2.28. The van der Waals surface area contributed by atoms with Gasteiger partial charge in [0.15, 0.2) is 0 Å². The number of nitrogens with one attached hydrogen (secondary N) is 1. The molecule has 0 unspecified atom stereocenters. The highest BCUT2D eigenvalue weighted by Gasteiger charge is 2.00. The standard InChI is InChI=1S/C7H4BClN2/c8-4-1-5(9)7-6(2-4)10-3-11-7/h1-3H,(H,10,11). The van der Waals surface area contributed by atoms with Crippen molar-refractivity contribution in [3.8, 4) is 0 Å². The Balaban J connectivity index is 2.91. The van der Waals surface area contributed by atoms with E-state index >= 15 is 0 Å². The quantitative estimate of drug-likeness (QED) is 0.576. The van der Waals surface area contributed by atoms with E-state index in [4.69, 9.17) is 19.4 Å². The van der Waals surface area contributed by atoms with Gasteiger partial charge in [-0.15, -0.1) is 0 Å². The van der Waals surface area contributed by atoms with Gasteiger partial charge in [0.05, 0.1) is 16.9 Å². The second-order valence-corrected chi connectivity index (χ2v) is 2.71. The molecule has 0 aliphatic rings. The fourth-order valence-electron chi connectivity index (χ4n) is 1.03.